The maximum absolute atomic E-state index is 13.2. The second kappa shape index (κ2) is 14.3. The molecular formula is C33H48F3N7O2Si. The second-order valence-corrected chi connectivity index (χ2v) is 19.5. The lowest BCUT2D eigenvalue weighted by molar-refractivity contribution is -0.137. The number of aryl methyl sites for hydroxylation is 1. The van der Waals surface area contributed by atoms with Crippen molar-refractivity contribution in [2.75, 3.05) is 42.7 Å². The van der Waals surface area contributed by atoms with Crippen LogP contribution in [0.5, 0.6) is 0 Å². The van der Waals surface area contributed by atoms with E-state index in [1.165, 1.54) is 16.7 Å². The van der Waals surface area contributed by atoms with E-state index < -0.39 is 19.8 Å². The van der Waals surface area contributed by atoms with Crippen molar-refractivity contribution >= 4 is 25.5 Å². The summed E-state index contributed by atoms with van der Waals surface area (Å²) in [4.78, 5) is 24.3. The van der Waals surface area contributed by atoms with Gasteiger partial charge in [-0.2, -0.15) is 18.3 Å². The third-order valence-electron chi connectivity index (χ3n) is 8.69. The standard InChI is InChI=1S/C33H48F3N7O2Si/c1-6-12-39-22-29-32(40(23-39)13-7-2)38-31(43(29)24-45-15-16-46(3,4)5)26-19-37-41(21-26)14-11-25-17-30(44)42(20-25)28-10-8-9-27(18-28)33(34,35)36/h8-10,18-19,21,25H,6-7,11-17,20,22-24H2,1-5H3. The topological polar surface area (TPSA) is 71.7 Å². The molecule has 1 fully saturated rings. The summed E-state index contributed by atoms with van der Waals surface area (Å²) >= 11 is 0. The molecule has 2 aliphatic rings. The summed E-state index contributed by atoms with van der Waals surface area (Å²) in [5.41, 5.74) is 1.63. The second-order valence-electron chi connectivity index (χ2n) is 13.8. The largest absolute Gasteiger partial charge is 0.416 e. The Morgan fingerprint density at radius 3 is 2.59 bits per heavy atom. The molecule has 4 heterocycles. The summed E-state index contributed by atoms with van der Waals surface area (Å²) in [7, 11) is -1.23. The number of hydrogen-bond acceptors (Lipinski definition) is 6. The number of nitrogens with zero attached hydrogens (tertiary/aromatic N) is 7. The number of hydrogen-bond donors (Lipinski definition) is 0. The highest BCUT2D eigenvalue weighted by Gasteiger charge is 2.34. The smallest absolute Gasteiger partial charge is 0.361 e. The first-order valence-corrected chi connectivity index (χ1v) is 20.2. The molecule has 0 saturated carbocycles. The molecule has 9 nitrogen and oxygen atoms in total. The van der Waals surface area contributed by atoms with Crippen molar-refractivity contribution in [3.05, 3.63) is 47.9 Å². The van der Waals surface area contributed by atoms with Crippen molar-refractivity contribution in [3.8, 4) is 11.4 Å². The van der Waals surface area contributed by atoms with E-state index in [1.807, 2.05) is 17.1 Å². The van der Waals surface area contributed by atoms with E-state index in [9.17, 15) is 18.0 Å². The van der Waals surface area contributed by atoms with Gasteiger partial charge in [0.15, 0.2) is 5.82 Å². The number of carbonyl (C=O) groups excluding carboxylic acids is 1. The number of amides is 1. The maximum Gasteiger partial charge on any atom is 0.416 e. The molecule has 1 amide bonds. The van der Waals surface area contributed by atoms with Gasteiger partial charge in [-0.3, -0.25) is 14.4 Å². The van der Waals surface area contributed by atoms with Crippen molar-refractivity contribution in [2.24, 2.45) is 5.92 Å². The van der Waals surface area contributed by atoms with E-state index in [2.05, 4.69) is 53.0 Å². The quantitative estimate of drug-likeness (QED) is 0.138. The Labute approximate surface area is 271 Å². The van der Waals surface area contributed by atoms with Crippen LogP contribution in [-0.4, -0.2) is 71.1 Å². The molecule has 0 aliphatic carbocycles. The minimum absolute atomic E-state index is 0.0240. The van der Waals surface area contributed by atoms with Gasteiger partial charge >= 0.3 is 6.18 Å². The van der Waals surface area contributed by atoms with Crippen molar-refractivity contribution in [1.29, 1.82) is 0 Å². The number of halogens is 3. The molecule has 2 aliphatic heterocycles. The zero-order valence-electron chi connectivity index (χ0n) is 27.8. The van der Waals surface area contributed by atoms with Crippen LogP contribution in [0.25, 0.3) is 11.4 Å². The Bertz CT molecular complexity index is 1480. The third-order valence-corrected chi connectivity index (χ3v) is 10.4. The Hall–Kier alpha value is -3.16. The molecule has 2 aromatic heterocycles. The molecule has 46 heavy (non-hydrogen) atoms. The van der Waals surface area contributed by atoms with Crippen molar-refractivity contribution < 1.29 is 22.7 Å². The first-order chi connectivity index (χ1) is 21.9. The molecule has 0 radical (unpaired) electrons. The average Bonchev–Trinajstić information content (AvgIpc) is 3.71. The van der Waals surface area contributed by atoms with Crippen LogP contribution in [0.4, 0.5) is 24.7 Å². The van der Waals surface area contributed by atoms with Crippen molar-refractivity contribution in [1.82, 2.24) is 24.2 Å². The zero-order chi connectivity index (χ0) is 33.1. The number of benzene rings is 1. The Morgan fingerprint density at radius 1 is 1.09 bits per heavy atom. The summed E-state index contributed by atoms with van der Waals surface area (Å²) < 4.78 is 50.1. The summed E-state index contributed by atoms with van der Waals surface area (Å²) in [6.07, 6.45) is 2.49. The molecule has 1 aromatic carbocycles. The summed E-state index contributed by atoms with van der Waals surface area (Å²) in [5, 5.41) is 4.64. The monoisotopic (exact) mass is 659 g/mol. The van der Waals surface area contributed by atoms with E-state index in [1.54, 1.807) is 6.07 Å². The number of ether oxygens (including phenoxy) is 1. The first-order valence-electron chi connectivity index (χ1n) is 16.5. The summed E-state index contributed by atoms with van der Waals surface area (Å²) in [6.45, 7) is 17.2. The molecule has 13 heteroatoms. The molecule has 1 atom stereocenters. The molecule has 252 valence electrons. The van der Waals surface area contributed by atoms with Gasteiger partial charge in [0, 0.05) is 59.2 Å². The predicted octanol–water partition coefficient (Wildman–Crippen LogP) is 6.92. The number of alkyl halides is 3. The van der Waals surface area contributed by atoms with Crippen molar-refractivity contribution in [2.45, 2.75) is 91.2 Å². The lowest BCUT2D eigenvalue weighted by Gasteiger charge is -2.36. The fraction of sp³-hybridized carbons (Fsp3) is 0.606. The molecule has 5 rings (SSSR count). The lowest BCUT2D eigenvalue weighted by atomic mass is 10.1. The fourth-order valence-corrected chi connectivity index (χ4v) is 7.01. The molecule has 0 N–H and O–H groups in total. The van der Waals surface area contributed by atoms with Crippen LogP contribution in [0.15, 0.2) is 36.7 Å². The predicted molar refractivity (Wildman–Crippen MR) is 177 cm³/mol. The van der Waals surface area contributed by atoms with Gasteiger partial charge in [0.1, 0.15) is 12.6 Å². The van der Waals surface area contributed by atoms with Crippen LogP contribution in [-0.2, 0) is 35.5 Å². The lowest BCUT2D eigenvalue weighted by Crippen LogP contribution is -2.43. The van der Waals surface area contributed by atoms with Gasteiger partial charge in [0.2, 0.25) is 5.91 Å². The SMILES string of the molecule is CCCN1Cc2c(nc(-c3cnn(CCC4CC(=O)N(c5cccc(C(F)(F)F)c5)C4)c3)n2COCC[Si](C)(C)C)N(CCC)C1. The number of imidazole rings is 1. The van der Waals surface area contributed by atoms with Gasteiger partial charge < -0.3 is 19.1 Å². The van der Waals surface area contributed by atoms with Gasteiger partial charge in [0.05, 0.1) is 29.7 Å². The van der Waals surface area contributed by atoms with Gasteiger partial charge in [-0.1, -0.05) is 39.6 Å². The molecular weight excluding hydrogens is 611 g/mol. The van der Waals surface area contributed by atoms with Crippen LogP contribution >= 0.6 is 0 Å². The van der Waals surface area contributed by atoms with Gasteiger partial charge in [0.25, 0.3) is 0 Å². The van der Waals surface area contributed by atoms with E-state index in [4.69, 9.17) is 9.72 Å². The summed E-state index contributed by atoms with van der Waals surface area (Å²) in [5.74, 6) is 1.73. The highest BCUT2D eigenvalue weighted by Crippen LogP contribution is 2.35. The van der Waals surface area contributed by atoms with Crippen LogP contribution in [0, 0.1) is 5.92 Å². The van der Waals surface area contributed by atoms with Gasteiger partial charge in [-0.25, -0.2) is 4.98 Å². The van der Waals surface area contributed by atoms with E-state index in [0.717, 1.165) is 81.1 Å². The van der Waals surface area contributed by atoms with Crippen LogP contribution in [0.3, 0.4) is 0 Å². The Kier molecular flexibility index (Phi) is 10.6. The van der Waals surface area contributed by atoms with E-state index >= 15 is 0 Å². The molecule has 3 aromatic rings. The fourth-order valence-electron chi connectivity index (χ4n) is 6.25. The Morgan fingerprint density at radius 2 is 1.87 bits per heavy atom. The van der Waals surface area contributed by atoms with Gasteiger partial charge in [-0.15, -0.1) is 0 Å². The first kappa shape index (κ1) is 34.2. The zero-order valence-corrected chi connectivity index (χ0v) is 28.8. The molecule has 1 saturated heterocycles. The highest BCUT2D eigenvalue weighted by molar-refractivity contribution is 6.76. The van der Waals surface area contributed by atoms with Gasteiger partial charge in [-0.05, 0) is 56.0 Å². The average molecular weight is 660 g/mol. The molecule has 0 bridgehead atoms. The maximum atomic E-state index is 13.2. The van der Waals surface area contributed by atoms with E-state index in [-0.39, 0.29) is 11.8 Å². The number of fused-ring (bicyclic) bond motifs is 1. The van der Waals surface area contributed by atoms with E-state index in [0.29, 0.717) is 38.3 Å². The normalized spacial score (nSPS) is 17.7. The number of rotatable bonds is 14. The third kappa shape index (κ3) is 8.21. The molecule has 1 unspecified atom stereocenters. The number of aromatic nitrogens is 4. The minimum atomic E-state index is -4.45. The highest BCUT2D eigenvalue weighted by atomic mass is 28.3. The van der Waals surface area contributed by atoms with Crippen LogP contribution in [0.1, 0.15) is 50.8 Å². The van der Waals surface area contributed by atoms with Crippen LogP contribution in [0.2, 0.25) is 25.7 Å². The van der Waals surface area contributed by atoms with Crippen LogP contribution < -0.4 is 9.80 Å². The van der Waals surface area contributed by atoms with Crippen molar-refractivity contribution in [3.63, 3.8) is 0 Å². The number of anilines is 2. The molecule has 0 spiro atoms. The summed E-state index contributed by atoms with van der Waals surface area (Å²) in [6, 6.07) is 6.09. The minimum Gasteiger partial charge on any atom is -0.361 e. The Balaban J connectivity index is 1.31. The number of carbonyl (C=O) groups is 1.